The maximum Gasteiger partial charge on any atom is 0.253 e. The lowest BCUT2D eigenvalue weighted by atomic mass is 10.0. The van der Waals surface area contributed by atoms with E-state index in [-0.39, 0.29) is 17.9 Å². The van der Waals surface area contributed by atoms with Crippen molar-refractivity contribution in [3.05, 3.63) is 24.3 Å². The fourth-order valence-electron chi connectivity index (χ4n) is 2.33. The molecule has 2 atom stereocenters. The molecule has 0 aliphatic carbocycles. The summed E-state index contributed by atoms with van der Waals surface area (Å²) in [5.41, 5.74) is 1.29. The Balaban J connectivity index is 1.96. The molecule has 0 aromatic heterocycles. The molecule has 0 saturated carbocycles. The molecular weight excluding hydrogens is 282 g/mol. The third-order valence-electron chi connectivity index (χ3n) is 3.75. The minimum absolute atomic E-state index is 0.0339. The summed E-state index contributed by atoms with van der Waals surface area (Å²) in [6.45, 7) is 2.55. The lowest BCUT2D eigenvalue weighted by Crippen LogP contribution is -2.43. The second kappa shape index (κ2) is 7.91. The van der Waals surface area contributed by atoms with E-state index in [1.165, 1.54) is 7.11 Å². The Hall–Kier alpha value is -1.92. The predicted octanol–water partition coefficient (Wildman–Crippen LogP) is 1.74. The van der Waals surface area contributed by atoms with Gasteiger partial charge in [0.25, 0.3) is 5.91 Å². The second-order valence-corrected chi connectivity index (χ2v) is 5.44. The van der Waals surface area contributed by atoms with Crippen LogP contribution in [0, 0.1) is 0 Å². The minimum atomic E-state index is -0.523. The quantitative estimate of drug-likeness (QED) is 0.774. The van der Waals surface area contributed by atoms with Crippen LogP contribution in [0.2, 0.25) is 0 Å². The maximum absolute atomic E-state index is 12.2. The van der Waals surface area contributed by atoms with Crippen LogP contribution >= 0.6 is 0 Å². The predicted molar refractivity (Wildman–Crippen MR) is 85.8 cm³/mol. The fourth-order valence-corrected chi connectivity index (χ4v) is 2.33. The van der Waals surface area contributed by atoms with Crippen molar-refractivity contribution >= 4 is 23.2 Å². The Kier molecular flexibility index (Phi) is 5.91. The first kappa shape index (κ1) is 16.5. The van der Waals surface area contributed by atoms with E-state index < -0.39 is 6.10 Å². The van der Waals surface area contributed by atoms with E-state index in [9.17, 15) is 9.59 Å². The van der Waals surface area contributed by atoms with Gasteiger partial charge in [-0.1, -0.05) is 12.5 Å². The van der Waals surface area contributed by atoms with Crippen molar-refractivity contribution in [3.8, 4) is 0 Å². The van der Waals surface area contributed by atoms with Crippen molar-refractivity contribution in [2.45, 2.75) is 38.3 Å². The van der Waals surface area contributed by atoms with Crippen LogP contribution in [0.5, 0.6) is 0 Å². The zero-order chi connectivity index (χ0) is 15.9. The number of ether oxygens (including phenoxy) is 1. The summed E-state index contributed by atoms with van der Waals surface area (Å²) in [7, 11) is 1.48. The van der Waals surface area contributed by atoms with Crippen LogP contribution < -0.4 is 16.0 Å². The van der Waals surface area contributed by atoms with Gasteiger partial charge in [-0.15, -0.1) is 0 Å². The minimum Gasteiger partial charge on any atom is -0.372 e. The zero-order valence-corrected chi connectivity index (χ0v) is 13.0. The van der Waals surface area contributed by atoms with Gasteiger partial charge in [0.05, 0.1) is 6.04 Å². The van der Waals surface area contributed by atoms with Crippen molar-refractivity contribution in [1.82, 2.24) is 5.32 Å². The lowest BCUT2D eigenvalue weighted by molar-refractivity contribution is -0.124. The Morgan fingerprint density at radius 3 is 2.64 bits per heavy atom. The zero-order valence-electron chi connectivity index (χ0n) is 13.0. The van der Waals surface area contributed by atoms with Crippen LogP contribution in [0.3, 0.4) is 0 Å². The van der Waals surface area contributed by atoms with E-state index >= 15 is 0 Å². The molecule has 2 unspecified atom stereocenters. The van der Waals surface area contributed by atoms with Gasteiger partial charge in [0, 0.05) is 18.5 Å². The largest absolute Gasteiger partial charge is 0.372 e. The SMILES string of the molecule is COC(C)C(=O)Nc1cccc(NC(=O)C2CCCCN2)c1. The van der Waals surface area contributed by atoms with E-state index in [4.69, 9.17) is 4.74 Å². The van der Waals surface area contributed by atoms with Crippen molar-refractivity contribution in [1.29, 1.82) is 0 Å². The normalized spacial score (nSPS) is 19.3. The number of carbonyl (C=O) groups is 2. The number of carbonyl (C=O) groups excluding carboxylic acids is 2. The number of methoxy groups -OCH3 is 1. The molecule has 2 rings (SSSR count). The third-order valence-corrected chi connectivity index (χ3v) is 3.75. The Bertz CT molecular complexity index is 527. The molecule has 3 N–H and O–H groups in total. The summed E-state index contributed by atoms with van der Waals surface area (Å²) >= 11 is 0. The number of nitrogens with one attached hydrogen (secondary N) is 3. The molecule has 1 aliphatic rings. The van der Waals surface area contributed by atoms with Gasteiger partial charge in [-0.05, 0) is 44.5 Å². The Labute approximate surface area is 130 Å². The van der Waals surface area contributed by atoms with Gasteiger partial charge < -0.3 is 20.7 Å². The molecule has 0 bridgehead atoms. The van der Waals surface area contributed by atoms with Crippen molar-refractivity contribution in [3.63, 3.8) is 0 Å². The number of hydrogen-bond donors (Lipinski definition) is 3. The van der Waals surface area contributed by atoms with E-state index in [0.717, 1.165) is 25.8 Å². The summed E-state index contributed by atoms with van der Waals surface area (Å²) in [5.74, 6) is -0.256. The molecule has 6 heteroatoms. The van der Waals surface area contributed by atoms with Gasteiger partial charge in [0.2, 0.25) is 5.91 Å². The number of rotatable bonds is 5. The second-order valence-electron chi connectivity index (χ2n) is 5.44. The highest BCUT2D eigenvalue weighted by atomic mass is 16.5. The molecule has 1 aromatic rings. The van der Waals surface area contributed by atoms with Crippen molar-refractivity contribution < 1.29 is 14.3 Å². The average molecular weight is 305 g/mol. The number of benzene rings is 1. The first-order chi connectivity index (χ1) is 10.6. The topological polar surface area (TPSA) is 79.5 Å². The van der Waals surface area contributed by atoms with E-state index in [1.807, 2.05) is 0 Å². The highest BCUT2D eigenvalue weighted by Gasteiger charge is 2.20. The lowest BCUT2D eigenvalue weighted by Gasteiger charge is -2.22. The molecular formula is C16H23N3O3. The van der Waals surface area contributed by atoms with Crippen LogP contribution in [-0.4, -0.2) is 37.6 Å². The van der Waals surface area contributed by atoms with E-state index in [0.29, 0.717) is 11.4 Å². The molecule has 0 spiro atoms. The van der Waals surface area contributed by atoms with Gasteiger partial charge in [-0.25, -0.2) is 0 Å². The molecule has 1 aliphatic heterocycles. The summed E-state index contributed by atoms with van der Waals surface area (Å²) in [6.07, 6.45) is 2.51. The van der Waals surface area contributed by atoms with Gasteiger partial charge in [0.1, 0.15) is 6.10 Å². The third kappa shape index (κ3) is 4.54. The number of piperidine rings is 1. The Morgan fingerprint density at radius 1 is 1.27 bits per heavy atom. The molecule has 6 nitrogen and oxygen atoms in total. The van der Waals surface area contributed by atoms with E-state index in [2.05, 4.69) is 16.0 Å². The highest BCUT2D eigenvalue weighted by molar-refractivity contribution is 5.97. The van der Waals surface area contributed by atoms with E-state index in [1.54, 1.807) is 31.2 Å². The molecule has 1 fully saturated rings. The number of hydrogen-bond acceptors (Lipinski definition) is 4. The molecule has 120 valence electrons. The van der Waals surface area contributed by atoms with Crippen molar-refractivity contribution in [2.24, 2.45) is 0 Å². The average Bonchev–Trinajstić information content (AvgIpc) is 2.55. The molecule has 22 heavy (non-hydrogen) atoms. The fraction of sp³-hybridized carbons (Fsp3) is 0.500. The molecule has 2 amide bonds. The smallest absolute Gasteiger partial charge is 0.253 e. The highest BCUT2D eigenvalue weighted by Crippen LogP contribution is 2.17. The van der Waals surface area contributed by atoms with Gasteiger partial charge in [-0.3, -0.25) is 9.59 Å². The van der Waals surface area contributed by atoms with Gasteiger partial charge in [0.15, 0.2) is 0 Å². The Morgan fingerprint density at radius 2 is 2.00 bits per heavy atom. The summed E-state index contributed by atoms with van der Waals surface area (Å²) in [5, 5.41) is 8.85. The van der Waals surface area contributed by atoms with Crippen LogP contribution in [0.15, 0.2) is 24.3 Å². The molecule has 1 saturated heterocycles. The maximum atomic E-state index is 12.2. The summed E-state index contributed by atoms with van der Waals surface area (Å²) < 4.78 is 4.97. The first-order valence-electron chi connectivity index (χ1n) is 7.58. The van der Waals surface area contributed by atoms with Crippen molar-refractivity contribution in [2.75, 3.05) is 24.3 Å². The molecule has 1 aromatic carbocycles. The van der Waals surface area contributed by atoms with Crippen LogP contribution in [0.1, 0.15) is 26.2 Å². The monoisotopic (exact) mass is 305 g/mol. The van der Waals surface area contributed by atoms with Crippen LogP contribution in [0.25, 0.3) is 0 Å². The summed E-state index contributed by atoms with van der Waals surface area (Å²) in [6, 6.07) is 6.96. The summed E-state index contributed by atoms with van der Waals surface area (Å²) in [4.78, 5) is 24.0. The molecule has 0 radical (unpaired) electrons. The van der Waals surface area contributed by atoms with Crippen LogP contribution in [-0.2, 0) is 14.3 Å². The number of amides is 2. The molecule has 1 heterocycles. The first-order valence-corrected chi connectivity index (χ1v) is 7.58. The van der Waals surface area contributed by atoms with Gasteiger partial charge >= 0.3 is 0 Å². The van der Waals surface area contributed by atoms with Crippen LogP contribution in [0.4, 0.5) is 11.4 Å². The number of anilines is 2. The standard InChI is InChI=1S/C16H23N3O3/c1-11(22-2)15(20)18-12-6-5-7-13(10-12)19-16(21)14-8-3-4-9-17-14/h5-7,10-11,14,17H,3-4,8-9H2,1-2H3,(H,18,20)(H,19,21). The van der Waals surface area contributed by atoms with Gasteiger partial charge in [-0.2, -0.15) is 0 Å².